The Balaban J connectivity index is 0.00000176. The highest BCUT2D eigenvalue weighted by molar-refractivity contribution is 7.90. The quantitative estimate of drug-likeness (QED) is 0.914. The molecule has 1 aromatic rings. The smallest absolute Gasteiger partial charge is 0.175 e. The lowest BCUT2D eigenvalue weighted by atomic mass is 10.0. The van der Waals surface area contributed by atoms with E-state index in [1.807, 2.05) is 12.1 Å². The second-order valence-electron chi connectivity index (χ2n) is 6.44. The molecular weight excluding hydrogens is 320 g/mol. The van der Waals surface area contributed by atoms with Crippen LogP contribution in [0.25, 0.3) is 0 Å². The summed E-state index contributed by atoms with van der Waals surface area (Å²) in [4.78, 5) is 2.92. The van der Waals surface area contributed by atoms with E-state index in [4.69, 9.17) is 0 Å². The van der Waals surface area contributed by atoms with Gasteiger partial charge in [0.25, 0.3) is 0 Å². The summed E-state index contributed by atoms with van der Waals surface area (Å²) in [5.74, 6) is 0. The number of likely N-dealkylation sites (tertiary alicyclic amines) is 1. The van der Waals surface area contributed by atoms with Crippen molar-refractivity contribution in [2.24, 2.45) is 0 Å². The first kappa shape index (κ1) is 17.7. The fourth-order valence-corrected chi connectivity index (χ4v) is 4.16. The third-order valence-corrected chi connectivity index (χ3v) is 6.02. The molecule has 2 aliphatic rings. The average Bonchev–Trinajstić information content (AvgIpc) is 2.77. The normalized spacial score (nSPS) is 27.0. The first-order valence-corrected chi connectivity index (χ1v) is 9.63. The number of benzene rings is 1. The Kier molecular flexibility index (Phi) is 5.54. The van der Waals surface area contributed by atoms with Crippen LogP contribution in [-0.4, -0.2) is 44.7 Å². The van der Waals surface area contributed by atoms with Gasteiger partial charge in [0.05, 0.1) is 4.90 Å². The van der Waals surface area contributed by atoms with Crippen molar-refractivity contribution in [1.29, 1.82) is 0 Å². The number of hydrogen-bond donors (Lipinski definition) is 1. The Labute approximate surface area is 139 Å². The molecule has 2 fully saturated rings. The SMILES string of the molecule is CC(c1ccc(S(C)(=O)=O)cc1)N1CCC2CCC(C1)N2.Cl. The number of fused-ring (bicyclic) bond motifs is 2. The highest BCUT2D eigenvalue weighted by Crippen LogP contribution is 2.27. The van der Waals surface area contributed by atoms with E-state index in [0.717, 1.165) is 13.1 Å². The van der Waals surface area contributed by atoms with Gasteiger partial charge in [0.2, 0.25) is 0 Å². The maximum absolute atomic E-state index is 11.5. The van der Waals surface area contributed by atoms with Crippen molar-refractivity contribution in [3.05, 3.63) is 29.8 Å². The van der Waals surface area contributed by atoms with Crippen molar-refractivity contribution in [3.8, 4) is 0 Å². The molecule has 0 amide bonds. The Hall–Kier alpha value is -0.620. The summed E-state index contributed by atoms with van der Waals surface area (Å²) in [7, 11) is -3.11. The second kappa shape index (κ2) is 6.87. The summed E-state index contributed by atoms with van der Waals surface area (Å²) in [6, 6.07) is 9.01. The van der Waals surface area contributed by atoms with Crippen molar-refractivity contribution in [2.75, 3.05) is 19.3 Å². The Morgan fingerprint density at radius 3 is 2.41 bits per heavy atom. The molecule has 3 rings (SSSR count). The molecule has 3 atom stereocenters. The molecule has 0 aliphatic carbocycles. The molecule has 1 N–H and O–H groups in total. The minimum atomic E-state index is -3.11. The second-order valence-corrected chi connectivity index (χ2v) is 8.45. The molecule has 124 valence electrons. The first-order valence-electron chi connectivity index (χ1n) is 7.73. The molecule has 2 heterocycles. The zero-order valence-electron chi connectivity index (χ0n) is 13.2. The Bertz CT molecular complexity index is 603. The van der Waals surface area contributed by atoms with Crippen LogP contribution in [0.15, 0.2) is 29.2 Å². The van der Waals surface area contributed by atoms with Crippen LogP contribution < -0.4 is 5.32 Å². The monoisotopic (exact) mass is 344 g/mol. The fourth-order valence-electron chi connectivity index (χ4n) is 3.53. The molecule has 2 bridgehead atoms. The van der Waals surface area contributed by atoms with Crippen molar-refractivity contribution in [1.82, 2.24) is 10.2 Å². The lowest BCUT2D eigenvalue weighted by Gasteiger charge is -2.30. The maximum atomic E-state index is 11.5. The van der Waals surface area contributed by atoms with Gasteiger partial charge in [0.15, 0.2) is 9.84 Å². The highest BCUT2D eigenvalue weighted by Gasteiger charge is 2.31. The van der Waals surface area contributed by atoms with Gasteiger partial charge in [0.1, 0.15) is 0 Å². The van der Waals surface area contributed by atoms with E-state index in [2.05, 4.69) is 17.1 Å². The van der Waals surface area contributed by atoms with E-state index in [-0.39, 0.29) is 12.4 Å². The van der Waals surface area contributed by atoms with Crippen LogP contribution in [0.5, 0.6) is 0 Å². The lowest BCUT2D eigenvalue weighted by molar-refractivity contribution is 0.200. The number of sulfone groups is 1. The van der Waals surface area contributed by atoms with Gasteiger partial charge < -0.3 is 5.32 Å². The van der Waals surface area contributed by atoms with E-state index in [0.29, 0.717) is 23.0 Å². The van der Waals surface area contributed by atoms with E-state index in [9.17, 15) is 8.42 Å². The van der Waals surface area contributed by atoms with E-state index in [1.165, 1.54) is 31.1 Å². The number of hydrogen-bond acceptors (Lipinski definition) is 4. The summed E-state index contributed by atoms with van der Waals surface area (Å²) in [5.41, 5.74) is 1.19. The summed E-state index contributed by atoms with van der Waals surface area (Å²) in [5, 5.41) is 3.70. The number of halogens is 1. The van der Waals surface area contributed by atoms with Crippen LogP contribution in [0.1, 0.15) is 37.8 Å². The third kappa shape index (κ3) is 3.82. The van der Waals surface area contributed by atoms with Gasteiger partial charge in [-0.3, -0.25) is 4.90 Å². The molecule has 0 aromatic heterocycles. The van der Waals surface area contributed by atoms with E-state index in [1.54, 1.807) is 12.1 Å². The van der Waals surface area contributed by atoms with Gasteiger partial charge in [-0.1, -0.05) is 12.1 Å². The summed E-state index contributed by atoms with van der Waals surface area (Å²) < 4.78 is 23.1. The molecule has 0 spiro atoms. The summed E-state index contributed by atoms with van der Waals surface area (Å²) in [6.07, 6.45) is 5.06. The molecule has 3 unspecified atom stereocenters. The van der Waals surface area contributed by atoms with Crippen LogP contribution in [0.3, 0.4) is 0 Å². The summed E-state index contributed by atoms with van der Waals surface area (Å²) in [6.45, 7) is 4.42. The zero-order valence-corrected chi connectivity index (χ0v) is 14.8. The minimum absolute atomic E-state index is 0. The number of nitrogens with zero attached hydrogens (tertiary/aromatic N) is 1. The Morgan fingerprint density at radius 1 is 1.14 bits per heavy atom. The van der Waals surface area contributed by atoms with Crippen LogP contribution in [0.2, 0.25) is 0 Å². The van der Waals surface area contributed by atoms with Gasteiger partial charge in [-0.05, 0) is 43.9 Å². The molecule has 6 heteroatoms. The van der Waals surface area contributed by atoms with Gasteiger partial charge in [0, 0.05) is 37.5 Å². The lowest BCUT2D eigenvalue weighted by Crippen LogP contribution is -2.36. The highest BCUT2D eigenvalue weighted by atomic mass is 35.5. The van der Waals surface area contributed by atoms with Gasteiger partial charge in [-0.25, -0.2) is 8.42 Å². The van der Waals surface area contributed by atoms with Crippen molar-refractivity contribution < 1.29 is 8.42 Å². The molecular formula is C16H25ClN2O2S. The zero-order chi connectivity index (χ0) is 15.0. The topological polar surface area (TPSA) is 49.4 Å². The molecule has 2 aliphatic heterocycles. The third-order valence-electron chi connectivity index (χ3n) is 4.89. The van der Waals surface area contributed by atoms with E-state index >= 15 is 0 Å². The molecule has 0 saturated carbocycles. The maximum Gasteiger partial charge on any atom is 0.175 e. The summed E-state index contributed by atoms with van der Waals surface area (Å²) >= 11 is 0. The van der Waals surface area contributed by atoms with Gasteiger partial charge in [-0.15, -0.1) is 12.4 Å². The average molecular weight is 345 g/mol. The number of rotatable bonds is 3. The van der Waals surface area contributed by atoms with Crippen LogP contribution >= 0.6 is 12.4 Å². The van der Waals surface area contributed by atoms with Crippen molar-refractivity contribution in [3.63, 3.8) is 0 Å². The molecule has 4 nitrogen and oxygen atoms in total. The predicted octanol–water partition coefficient (Wildman–Crippen LogP) is 2.40. The number of nitrogens with one attached hydrogen (secondary N) is 1. The van der Waals surface area contributed by atoms with Crippen LogP contribution in [0.4, 0.5) is 0 Å². The van der Waals surface area contributed by atoms with E-state index < -0.39 is 9.84 Å². The van der Waals surface area contributed by atoms with Crippen molar-refractivity contribution >= 4 is 22.2 Å². The van der Waals surface area contributed by atoms with Crippen LogP contribution in [0, 0.1) is 0 Å². The first-order chi connectivity index (χ1) is 9.93. The van der Waals surface area contributed by atoms with Gasteiger partial charge >= 0.3 is 0 Å². The largest absolute Gasteiger partial charge is 0.310 e. The van der Waals surface area contributed by atoms with Gasteiger partial charge in [-0.2, -0.15) is 0 Å². The van der Waals surface area contributed by atoms with Crippen molar-refractivity contribution in [2.45, 2.75) is 49.2 Å². The van der Waals surface area contributed by atoms with Crippen LogP contribution in [-0.2, 0) is 9.84 Å². The molecule has 1 aromatic carbocycles. The Morgan fingerprint density at radius 2 is 1.77 bits per heavy atom. The molecule has 2 saturated heterocycles. The molecule has 0 radical (unpaired) electrons. The standard InChI is InChI=1S/C16H24N2O2S.ClH/c1-12(13-3-7-16(8-4-13)21(2,19)20)18-10-9-14-5-6-15(11-18)17-14;/h3-4,7-8,12,14-15,17H,5-6,9-11H2,1-2H3;1H. The minimum Gasteiger partial charge on any atom is -0.310 e. The predicted molar refractivity (Wildman–Crippen MR) is 91.4 cm³/mol. The molecule has 22 heavy (non-hydrogen) atoms. The fraction of sp³-hybridized carbons (Fsp3) is 0.625.